The molecule has 0 atom stereocenters. The van der Waals surface area contributed by atoms with Crippen molar-refractivity contribution in [3.8, 4) is 0 Å². The molecule has 0 bridgehead atoms. The van der Waals surface area contributed by atoms with Gasteiger partial charge in [0.05, 0.1) is 6.34 Å². The van der Waals surface area contributed by atoms with Crippen molar-refractivity contribution in [3.63, 3.8) is 0 Å². The van der Waals surface area contributed by atoms with Gasteiger partial charge in [0.2, 0.25) is 0 Å². The maximum absolute atomic E-state index is 4.03. The Labute approximate surface area is 67.9 Å². The van der Waals surface area contributed by atoms with Gasteiger partial charge in [-0.25, -0.2) is 4.99 Å². The van der Waals surface area contributed by atoms with Crippen LogP contribution in [0.4, 0.5) is 0 Å². The smallest absolute Gasteiger partial charge is 0.0954 e. The van der Waals surface area contributed by atoms with Crippen molar-refractivity contribution < 1.29 is 0 Å². The summed E-state index contributed by atoms with van der Waals surface area (Å²) in [4.78, 5) is 6.08. The Bertz CT molecular complexity index is 218. The van der Waals surface area contributed by atoms with Crippen LogP contribution in [-0.4, -0.2) is 16.8 Å². The van der Waals surface area contributed by atoms with E-state index < -0.39 is 0 Å². The SMILES string of the molecule is C=C1C=CN=CN1C(C)(C)C. The summed E-state index contributed by atoms with van der Waals surface area (Å²) in [6, 6.07) is 0. The predicted molar refractivity (Wildman–Crippen MR) is 48.4 cm³/mol. The molecule has 0 saturated heterocycles. The van der Waals surface area contributed by atoms with Gasteiger partial charge in [0.15, 0.2) is 0 Å². The highest BCUT2D eigenvalue weighted by Crippen LogP contribution is 2.19. The third-order valence-electron chi connectivity index (χ3n) is 1.57. The van der Waals surface area contributed by atoms with E-state index in [2.05, 4.69) is 32.3 Å². The molecular formula is C9H14N2. The Balaban J connectivity index is 2.82. The van der Waals surface area contributed by atoms with Crippen LogP contribution < -0.4 is 0 Å². The molecule has 0 N–H and O–H groups in total. The normalized spacial score (nSPS) is 17.7. The zero-order chi connectivity index (χ0) is 8.48. The van der Waals surface area contributed by atoms with Crippen molar-refractivity contribution in [2.24, 2.45) is 4.99 Å². The van der Waals surface area contributed by atoms with Gasteiger partial charge >= 0.3 is 0 Å². The third kappa shape index (κ3) is 1.70. The standard InChI is InChI=1S/C9H14N2/c1-8-5-6-10-7-11(8)9(2,3)4/h5-7H,1H2,2-4H3. The number of aliphatic imine (C=N–C) groups is 1. The molecule has 0 unspecified atom stereocenters. The molecule has 1 aliphatic rings. The molecule has 2 heteroatoms. The van der Waals surface area contributed by atoms with Crippen molar-refractivity contribution in [2.75, 3.05) is 0 Å². The molecule has 0 fully saturated rings. The molecule has 0 saturated carbocycles. The molecule has 0 aromatic heterocycles. The second-order valence-corrected chi connectivity index (χ2v) is 3.61. The molecule has 0 aromatic rings. The monoisotopic (exact) mass is 150 g/mol. The zero-order valence-electron chi connectivity index (χ0n) is 7.33. The Morgan fingerprint density at radius 2 is 2.09 bits per heavy atom. The van der Waals surface area contributed by atoms with Crippen LogP contribution in [-0.2, 0) is 0 Å². The Morgan fingerprint density at radius 1 is 1.45 bits per heavy atom. The Kier molecular flexibility index (Phi) is 1.85. The minimum Gasteiger partial charge on any atom is -0.328 e. The van der Waals surface area contributed by atoms with Gasteiger partial charge < -0.3 is 4.90 Å². The maximum Gasteiger partial charge on any atom is 0.0954 e. The number of hydrogen-bond donors (Lipinski definition) is 0. The summed E-state index contributed by atoms with van der Waals surface area (Å²) in [5, 5.41) is 0. The average Bonchev–Trinajstić information content (AvgIpc) is 1.86. The minimum absolute atomic E-state index is 0.0747. The fraction of sp³-hybridized carbons (Fsp3) is 0.444. The van der Waals surface area contributed by atoms with Gasteiger partial charge in [-0.1, -0.05) is 6.58 Å². The van der Waals surface area contributed by atoms with E-state index in [1.165, 1.54) is 0 Å². The predicted octanol–water partition coefficient (Wildman–Crippen LogP) is 2.16. The molecule has 60 valence electrons. The van der Waals surface area contributed by atoms with Crippen LogP contribution in [0.2, 0.25) is 0 Å². The van der Waals surface area contributed by atoms with Gasteiger partial charge in [-0.2, -0.15) is 0 Å². The van der Waals surface area contributed by atoms with E-state index in [1.54, 1.807) is 6.20 Å². The van der Waals surface area contributed by atoms with Crippen LogP contribution in [0.1, 0.15) is 20.8 Å². The molecule has 0 spiro atoms. The molecule has 1 aliphatic heterocycles. The summed E-state index contributed by atoms with van der Waals surface area (Å²) in [5.74, 6) is 0. The van der Waals surface area contributed by atoms with Crippen LogP contribution >= 0.6 is 0 Å². The maximum atomic E-state index is 4.03. The molecule has 0 aliphatic carbocycles. The first-order chi connectivity index (χ1) is 5.02. The first-order valence-electron chi connectivity index (χ1n) is 3.70. The zero-order valence-corrected chi connectivity index (χ0v) is 7.33. The number of rotatable bonds is 0. The quantitative estimate of drug-likeness (QED) is 0.516. The van der Waals surface area contributed by atoms with Crippen LogP contribution in [0.25, 0.3) is 0 Å². The summed E-state index contributed by atoms with van der Waals surface area (Å²) in [5.41, 5.74) is 1.07. The van der Waals surface area contributed by atoms with Gasteiger partial charge in [0.1, 0.15) is 0 Å². The lowest BCUT2D eigenvalue weighted by Crippen LogP contribution is -2.39. The van der Waals surface area contributed by atoms with Gasteiger partial charge in [-0.05, 0) is 26.8 Å². The van der Waals surface area contributed by atoms with Crippen LogP contribution in [0.3, 0.4) is 0 Å². The van der Waals surface area contributed by atoms with Gasteiger partial charge in [-0.3, -0.25) is 0 Å². The third-order valence-corrected chi connectivity index (χ3v) is 1.57. The molecule has 0 aromatic carbocycles. The van der Waals surface area contributed by atoms with Crippen LogP contribution in [0.5, 0.6) is 0 Å². The molecule has 1 heterocycles. The van der Waals surface area contributed by atoms with E-state index in [9.17, 15) is 0 Å². The van der Waals surface area contributed by atoms with E-state index in [-0.39, 0.29) is 5.54 Å². The summed E-state index contributed by atoms with van der Waals surface area (Å²) < 4.78 is 0. The molecule has 1 rings (SSSR count). The molecular weight excluding hydrogens is 136 g/mol. The largest absolute Gasteiger partial charge is 0.328 e. The van der Waals surface area contributed by atoms with E-state index in [0.717, 1.165) is 5.70 Å². The van der Waals surface area contributed by atoms with Crippen molar-refractivity contribution in [1.29, 1.82) is 0 Å². The molecule has 2 nitrogen and oxygen atoms in total. The van der Waals surface area contributed by atoms with Gasteiger partial charge in [0.25, 0.3) is 0 Å². The van der Waals surface area contributed by atoms with E-state index >= 15 is 0 Å². The van der Waals surface area contributed by atoms with E-state index in [4.69, 9.17) is 0 Å². The summed E-state index contributed by atoms with van der Waals surface area (Å²) in [6.45, 7) is 10.3. The van der Waals surface area contributed by atoms with Crippen molar-refractivity contribution in [2.45, 2.75) is 26.3 Å². The van der Waals surface area contributed by atoms with Crippen LogP contribution in [0.15, 0.2) is 29.5 Å². The van der Waals surface area contributed by atoms with Crippen LogP contribution in [0, 0.1) is 0 Å². The van der Waals surface area contributed by atoms with Crippen molar-refractivity contribution in [1.82, 2.24) is 4.90 Å². The highest BCUT2D eigenvalue weighted by Gasteiger charge is 2.20. The lowest BCUT2D eigenvalue weighted by molar-refractivity contribution is 0.304. The highest BCUT2D eigenvalue weighted by molar-refractivity contribution is 5.63. The van der Waals surface area contributed by atoms with Crippen molar-refractivity contribution >= 4 is 6.34 Å². The Morgan fingerprint density at radius 3 is 2.45 bits per heavy atom. The number of hydrogen-bond acceptors (Lipinski definition) is 2. The second-order valence-electron chi connectivity index (χ2n) is 3.61. The lowest BCUT2D eigenvalue weighted by Gasteiger charge is -2.35. The second kappa shape index (κ2) is 2.53. The number of nitrogens with zero attached hydrogens (tertiary/aromatic N) is 2. The van der Waals surface area contributed by atoms with E-state index in [1.807, 2.05) is 17.3 Å². The minimum atomic E-state index is 0.0747. The fourth-order valence-electron chi connectivity index (χ4n) is 0.993. The van der Waals surface area contributed by atoms with Gasteiger partial charge in [-0.15, -0.1) is 0 Å². The summed E-state index contributed by atoms with van der Waals surface area (Å²) >= 11 is 0. The first kappa shape index (κ1) is 8.05. The summed E-state index contributed by atoms with van der Waals surface area (Å²) in [6.07, 6.45) is 5.47. The van der Waals surface area contributed by atoms with Gasteiger partial charge in [0, 0.05) is 17.4 Å². The molecule has 11 heavy (non-hydrogen) atoms. The van der Waals surface area contributed by atoms with E-state index in [0.29, 0.717) is 0 Å². The molecule has 0 amide bonds. The first-order valence-corrected chi connectivity index (χ1v) is 3.70. The number of allylic oxidation sites excluding steroid dienone is 1. The average molecular weight is 150 g/mol. The molecule has 0 radical (unpaired) electrons. The topological polar surface area (TPSA) is 15.6 Å². The van der Waals surface area contributed by atoms with Crippen molar-refractivity contribution in [3.05, 3.63) is 24.6 Å². The fourth-order valence-corrected chi connectivity index (χ4v) is 0.993. The Hall–Kier alpha value is -1.05. The lowest BCUT2D eigenvalue weighted by atomic mass is 10.1. The summed E-state index contributed by atoms with van der Waals surface area (Å²) in [7, 11) is 0. The highest BCUT2D eigenvalue weighted by atomic mass is 15.2.